The largest absolute Gasteiger partial charge is 0.326 e. The summed E-state index contributed by atoms with van der Waals surface area (Å²) in [7, 11) is 0. The molecule has 2 heterocycles. The molecule has 3 amide bonds. The van der Waals surface area contributed by atoms with E-state index < -0.39 is 5.54 Å². The van der Waals surface area contributed by atoms with Crippen LogP contribution in [0, 0.1) is 0 Å². The maximum Gasteiger partial charge on any atom is 0.325 e. The zero-order chi connectivity index (χ0) is 16.6. The highest BCUT2D eigenvalue weighted by Gasteiger charge is 2.44. The Morgan fingerprint density at radius 3 is 2.42 bits per heavy atom. The van der Waals surface area contributed by atoms with Gasteiger partial charge in [0.15, 0.2) is 0 Å². The van der Waals surface area contributed by atoms with E-state index in [1.807, 2.05) is 18.2 Å². The molecule has 0 bridgehead atoms. The molecule has 2 saturated heterocycles. The van der Waals surface area contributed by atoms with Crippen LogP contribution in [0.5, 0.6) is 0 Å². The number of urea groups is 1. The van der Waals surface area contributed by atoms with Crippen molar-refractivity contribution in [2.75, 3.05) is 26.2 Å². The number of benzene rings is 1. The second-order valence-electron chi connectivity index (χ2n) is 6.95. The molecule has 0 aliphatic carbocycles. The van der Waals surface area contributed by atoms with Crippen molar-refractivity contribution in [2.45, 2.75) is 31.3 Å². The topological polar surface area (TPSA) is 78.7 Å². The zero-order valence-corrected chi connectivity index (χ0v) is 14.9. The van der Waals surface area contributed by atoms with Gasteiger partial charge in [0.05, 0.1) is 0 Å². The van der Waals surface area contributed by atoms with E-state index in [0.29, 0.717) is 19.0 Å². The average molecular weight is 353 g/mol. The van der Waals surface area contributed by atoms with Crippen molar-refractivity contribution in [3.63, 3.8) is 0 Å². The molecule has 24 heavy (non-hydrogen) atoms. The number of nitrogens with zero attached hydrogens (tertiary/aromatic N) is 2. The van der Waals surface area contributed by atoms with Crippen LogP contribution in [0.3, 0.4) is 0 Å². The summed E-state index contributed by atoms with van der Waals surface area (Å²) in [6.07, 6.45) is 0. The lowest BCUT2D eigenvalue weighted by atomic mass is 9.95. The summed E-state index contributed by atoms with van der Waals surface area (Å²) in [6, 6.07) is 10.0. The Hall–Kier alpha value is -1.63. The molecule has 6 nitrogen and oxygen atoms in total. The van der Waals surface area contributed by atoms with Crippen molar-refractivity contribution in [3.8, 4) is 0 Å². The smallest absolute Gasteiger partial charge is 0.325 e. The highest BCUT2D eigenvalue weighted by Crippen LogP contribution is 2.26. The second kappa shape index (κ2) is 7.09. The van der Waals surface area contributed by atoms with Gasteiger partial charge < -0.3 is 11.1 Å². The highest BCUT2D eigenvalue weighted by molar-refractivity contribution is 6.06. The number of nitrogens with two attached hydrogens (primary N) is 1. The highest BCUT2D eigenvalue weighted by atomic mass is 35.5. The molecule has 2 fully saturated rings. The third kappa shape index (κ3) is 3.55. The van der Waals surface area contributed by atoms with Crippen LogP contribution >= 0.6 is 12.4 Å². The molecule has 2 aliphatic rings. The third-order valence-corrected chi connectivity index (χ3v) is 4.75. The van der Waals surface area contributed by atoms with Gasteiger partial charge in [0.25, 0.3) is 5.91 Å². The van der Waals surface area contributed by atoms with Crippen LogP contribution in [0.4, 0.5) is 4.79 Å². The van der Waals surface area contributed by atoms with E-state index in [0.717, 1.165) is 13.1 Å². The number of hydrogen-bond acceptors (Lipinski definition) is 4. The fourth-order valence-electron chi connectivity index (χ4n) is 3.41. The fourth-order valence-corrected chi connectivity index (χ4v) is 3.41. The van der Waals surface area contributed by atoms with Crippen molar-refractivity contribution in [1.82, 2.24) is 15.1 Å². The first-order chi connectivity index (χ1) is 10.9. The molecule has 0 aromatic heterocycles. The lowest BCUT2D eigenvalue weighted by Crippen LogP contribution is -2.41. The molecule has 0 saturated carbocycles. The lowest BCUT2D eigenvalue weighted by molar-refractivity contribution is -0.130. The summed E-state index contributed by atoms with van der Waals surface area (Å²) in [6.45, 7) is 6.16. The van der Waals surface area contributed by atoms with Gasteiger partial charge in [-0.1, -0.05) is 30.3 Å². The number of rotatable bonds is 4. The first-order valence-electron chi connectivity index (χ1n) is 8.05. The molecule has 3 N–H and O–H groups in total. The maximum absolute atomic E-state index is 12.2. The first kappa shape index (κ1) is 18.7. The number of hydrogen-bond donors (Lipinski definition) is 2. The van der Waals surface area contributed by atoms with E-state index in [1.165, 1.54) is 10.5 Å². The van der Waals surface area contributed by atoms with E-state index in [9.17, 15) is 9.59 Å². The summed E-state index contributed by atoms with van der Waals surface area (Å²) in [5, 5.41) is 2.71. The van der Waals surface area contributed by atoms with Crippen LogP contribution in [0.25, 0.3) is 0 Å². The van der Waals surface area contributed by atoms with Crippen molar-refractivity contribution in [2.24, 2.45) is 5.73 Å². The predicted molar refractivity (Wildman–Crippen MR) is 95.2 cm³/mol. The maximum atomic E-state index is 12.2. The SMILES string of the molecule is CC1(C)NC(=O)N(CCN2C[C@@H](N)[C@H](c3ccccc3)C2)C1=O.Cl. The number of amides is 3. The van der Waals surface area contributed by atoms with Crippen molar-refractivity contribution in [1.29, 1.82) is 0 Å². The van der Waals surface area contributed by atoms with Gasteiger partial charge in [-0.15, -0.1) is 12.4 Å². The van der Waals surface area contributed by atoms with E-state index in [-0.39, 0.29) is 30.4 Å². The van der Waals surface area contributed by atoms with Gasteiger partial charge in [0.1, 0.15) is 5.54 Å². The van der Waals surface area contributed by atoms with E-state index in [1.54, 1.807) is 13.8 Å². The quantitative estimate of drug-likeness (QED) is 0.797. The van der Waals surface area contributed by atoms with Gasteiger partial charge in [0.2, 0.25) is 0 Å². The van der Waals surface area contributed by atoms with Crippen molar-refractivity contribution >= 4 is 24.3 Å². The van der Waals surface area contributed by atoms with Gasteiger partial charge >= 0.3 is 6.03 Å². The van der Waals surface area contributed by atoms with Crippen molar-refractivity contribution < 1.29 is 9.59 Å². The minimum absolute atomic E-state index is 0. The standard InChI is InChI=1S/C17H24N4O2.ClH/c1-17(2)15(22)21(16(23)19-17)9-8-20-10-13(14(18)11-20)12-6-4-3-5-7-12;/h3-7,13-14H,8-11,18H2,1-2H3,(H,19,23);1H/t13-,14+;/m0./s1. The second-order valence-corrected chi connectivity index (χ2v) is 6.95. The molecular weight excluding hydrogens is 328 g/mol. The van der Waals surface area contributed by atoms with Crippen LogP contribution in [-0.4, -0.2) is 59.5 Å². The predicted octanol–water partition coefficient (Wildman–Crippen LogP) is 1.17. The van der Waals surface area contributed by atoms with Gasteiger partial charge in [-0.05, 0) is 19.4 Å². The van der Waals surface area contributed by atoms with Gasteiger partial charge in [-0.3, -0.25) is 14.6 Å². The van der Waals surface area contributed by atoms with Crippen molar-refractivity contribution in [3.05, 3.63) is 35.9 Å². The Bertz CT molecular complexity index is 608. The summed E-state index contributed by atoms with van der Waals surface area (Å²) in [4.78, 5) is 27.6. The van der Waals surface area contributed by atoms with Gasteiger partial charge in [0, 0.05) is 38.1 Å². The lowest BCUT2D eigenvalue weighted by Gasteiger charge is -2.20. The third-order valence-electron chi connectivity index (χ3n) is 4.75. The molecule has 1 aromatic carbocycles. The Morgan fingerprint density at radius 2 is 1.83 bits per heavy atom. The van der Waals surface area contributed by atoms with Gasteiger partial charge in [-0.2, -0.15) is 0 Å². The summed E-state index contributed by atoms with van der Waals surface area (Å²) < 4.78 is 0. The summed E-state index contributed by atoms with van der Waals surface area (Å²) >= 11 is 0. The monoisotopic (exact) mass is 352 g/mol. The molecular formula is C17H25ClN4O2. The summed E-state index contributed by atoms with van der Waals surface area (Å²) in [5.41, 5.74) is 6.73. The zero-order valence-electron chi connectivity index (χ0n) is 14.1. The normalized spacial score (nSPS) is 26.4. The molecule has 0 unspecified atom stereocenters. The van der Waals surface area contributed by atoms with Crippen LogP contribution in [0.15, 0.2) is 30.3 Å². The first-order valence-corrected chi connectivity index (χ1v) is 8.05. The average Bonchev–Trinajstić information content (AvgIpc) is 2.96. The number of nitrogens with one attached hydrogen (secondary N) is 1. The van der Waals surface area contributed by atoms with Crippen LogP contribution in [0.2, 0.25) is 0 Å². The van der Waals surface area contributed by atoms with Crippen LogP contribution < -0.4 is 11.1 Å². The molecule has 132 valence electrons. The minimum atomic E-state index is -0.801. The van der Waals surface area contributed by atoms with Crippen LogP contribution in [-0.2, 0) is 4.79 Å². The van der Waals surface area contributed by atoms with Crippen LogP contribution in [0.1, 0.15) is 25.3 Å². The van der Waals surface area contributed by atoms with E-state index >= 15 is 0 Å². The van der Waals surface area contributed by atoms with E-state index in [4.69, 9.17) is 5.73 Å². The van der Waals surface area contributed by atoms with E-state index in [2.05, 4.69) is 22.3 Å². The molecule has 2 atom stereocenters. The fraction of sp³-hybridized carbons (Fsp3) is 0.529. The Balaban J connectivity index is 0.00000208. The molecule has 2 aliphatic heterocycles. The number of likely N-dealkylation sites (tertiary alicyclic amines) is 1. The Labute approximate surface area is 148 Å². The molecule has 1 aromatic rings. The number of halogens is 1. The number of carbonyl (C=O) groups is 2. The van der Waals surface area contributed by atoms with Gasteiger partial charge in [-0.25, -0.2) is 4.79 Å². The minimum Gasteiger partial charge on any atom is -0.326 e. The number of imide groups is 1. The Morgan fingerprint density at radius 1 is 1.17 bits per heavy atom. The Kier molecular flexibility index (Phi) is 5.52. The molecule has 0 radical (unpaired) electrons. The molecule has 0 spiro atoms. The molecule has 3 rings (SSSR count). The molecule has 7 heteroatoms. The number of carbonyl (C=O) groups excluding carboxylic acids is 2. The summed E-state index contributed by atoms with van der Waals surface area (Å²) in [5.74, 6) is 0.140.